The van der Waals surface area contributed by atoms with E-state index in [0.717, 1.165) is 22.5 Å². The molecule has 1 saturated heterocycles. The topological polar surface area (TPSA) is 92.7 Å². The number of fused-ring (bicyclic) bond motifs is 1. The molecule has 1 atom stereocenters. The number of benzene rings is 1. The SMILES string of the molecule is CNC(=O)N1CCOC(COc2nc(-c3ccc(N(C)C)c(C)c3)cc3nccnc23)C1. The number of amides is 2. The molecular formula is C23H28N6O3. The van der Waals surface area contributed by atoms with Gasteiger partial charge in [0.25, 0.3) is 0 Å². The second-order valence-electron chi connectivity index (χ2n) is 7.94. The maximum Gasteiger partial charge on any atom is 0.317 e. The van der Waals surface area contributed by atoms with E-state index in [0.29, 0.717) is 36.6 Å². The van der Waals surface area contributed by atoms with Gasteiger partial charge in [-0.2, -0.15) is 0 Å². The molecule has 9 heteroatoms. The lowest BCUT2D eigenvalue weighted by atomic mass is 10.1. The molecule has 3 aromatic rings. The summed E-state index contributed by atoms with van der Waals surface area (Å²) in [5.74, 6) is 0.403. The van der Waals surface area contributed by atoms with Gasteiger partial charge in [-0.05, 0) is 30.7 Å². The van der Waals surface area contributed by atoms with E-state index in [1.807, 2.05) is 26.2 Å². The number of hydrogen-bond acceptors (Lipinski definition) is 7. The highest BCUT2D eigenvalue weighted by Crippen LogP contribution is 2.30. The van der Waals surface area contributed by atoms with E-state index < -0.39 is 0 Å². The van der Waals surface area contributed by atoms with Crippen LogP contribution in [0.3, 0.4) is 0 Å². The number of nitrogens with zero attached hydrogens (tertiary/aromatic N) is 5. The Balaban J connectivity index is 1.60. The van der Waals surface area contributed by atoms with Gasteiger partial charge >= 0.3 is 6.03 Å². The third-order valence-corrected chi connectivity index (χ3v) is 5.44. The molecule has 168 valence electrons. The van der Waals surface area contributed by atoms with E-state index in [2.05, 4.69) is 39.2 Å². The predicted molar refractivity (Wildman–Crippen MR) is 123 cm³/mol. The molecule has 1 aliphatic rings. The van der Waals surface area contributed by atoms with E-state index in [9.17, 15) is 4.79 Å². The van der Waals surface area contributed by atoms with Gasteiger partial charge in [-0.1, -0.05) is 6.07 Å². The summed E-state index contributed by atoms with van der Waals surface area (Å²) in [5.41, 5.74) is 5.35. The summed E-state index contributed by atoms with van der Waals surface area (Å²) < 4.78 is 11.9. The summed E-state index contributed by atoms with van der Waals surface area (Å²) in [5, 5.41) is 2.65. The van der Waals surface area contributed by atoms with Crippen LogP contribution in [0, 0.1) is 6.92 Å². The number of nitrogens with one attached hydrogen (secondary N) is 1. The predicted octanol–water partition coefficient (Wildman–Crippen LogP) is 2.49. The van der Waals surface area contributed by atoms with Crippen molar-refractivity contribution in [3.8, 4) is 17.1 Å². The number of carbonyl (C=O) groups is 1. The Morgan fingerprint density at radius 3 is 2.84 bits per heavy atom. The highest BCUT2D eigenvalue weighted by molar-refractivity contribution is 5.83. The Bertz CT molecular complexity index is 1120. The fourth-order valence-corrected chi connectivity index (χ4v) is 3.84. The Labute approximate surface area is 187 Å². The van der Waals surface area contributed by atoms with Crippen LogP contribution in [0.15, 0.2) is 36.7 Å². The zero-order valence-electron chi connectivity index (χ0n) is 18.8. The number of morpholine rings is 1. The van der Waals surface area contributed by atoms with Crippen molar-refractivity contribution in [2.45, 2.75) is 13.0 Å². The van der Waals surface area contributed by atoms with Crippen molar-refractivity contribution >= 4 is 22.8 Å². The van der Waals surface area contributed by atoms with Crippen molar-refractivity contribution in [2.24, 2.45) is 0 Å². The molecule has 4 rings (SSSR count). The van der Waals surface area contributed by atoms with Crippen LogP contribution < -0.4 is 15.0 Å². The van der Waals surface area contributed by atoms with E-state index in [-0.39, 0.29) is 18.7 Å². The number of carbonyl (C=O) groups excluding carboxylic acids is 1. The largest absolute Gasteiger partial charge is 0.473 e. The quantitative estimate of drug-likeness (QED) is 0.657. The van der Waals surface area contributed by atoms with Crippen LogP contribution >= 0.6 is 0 Å². The number of anilines is 1. The standard InChI is InChI=1S/C23H28N6O3/c1-15-11-16(5-6-20(15)28(3)4)18-12-19-21(26-8-7-25-19)22(27-18)32-14-17-13-29(9-10-31-17)23(30)24-2/h5-8,11-12,17H,9-10,13-14H2,1-4H3,(H,24,30). The van der Waals surface area contributed by atoms with Crippen molar-refractivity contribution in [3.05, 3.63) is 42.2 Å². The molecule has 2 aromatic heterocycles. The van der Waals surface area contributed by atoms with E-state index >= 15 is 0 Å². The fraction of sp³-hybridized carbons (Fsp3) is 0.391. The third-order valence-electron chi connectivity index (χ3n) is 5.44. The van der Waals surface area contributed by atoms with Crippen molar-refractivity contribution in [1.29, 1.82) is 0 Å². The molecule has 1 aliphatic heterocycles. The minimum atomic E-state index is -0.250. The first kappa shape index (κ1) is 21.8. The summed E-state index contributed by atoms with van der Waals surface area (Å²) in [6, 6.07) is 8.03. The molecule has 32 heavy (non-hydrogen) atoms. The molecule has 0 bridgehead atoms. The van der Waals surface area contributed by atoms with Crippen LogP contribution in [0.2, 0.25) is 0 Å². The molecule has 9 nitrogen and oxygen atoms in total. The van der Waals surface area contributed by atoms with Gasteiger partial charge in [-0.15, -0.1) is 0 Å². The Hall–Kier alpha value is -3.46. The number of hydrogen-bond donors (Lipinski definition) is 1. The van der Waals surface area contributed by atoms with Crippen molar-refractivity contribution < 1.29 is 14.3 Å². The smallest absolute Gasteiger partial charge is 0.317 e. The molecule has 1 aromatic carbocycles. The molecule has 2 amide bonds. The zero-order chi connectivity index (χ0) is 22.7. The molecular weight excluding hydrogens is 408 g/mol. The monoisotopic (exact) mass is 436 g/mol. The number of rotatable bonds is 5. The average Bonchev–Trinajstić information content (AvgIpc) is 2.81. The van der Waals surface area contributed by atoms with Crippen molar-refractivity contribution in [2.75, 3.05) is 52.3 Å². The lowest BCUT2D eigenvalue weighted by molar-refractivity contribution is -0.0354. The molecule has 0 saturated carbocycles. The number of aryl methyl sites for hydroxylation is 1. The first-order chi connectivity index (χ1) is 15.5. The van der Waals surface area contributed by atoms with Crippen LogP contribution in [0.5, 0.6) is 5.88 Å². The molecule has 0 aliphatic carbocycles. The van der Waals surface area contributed by atoms with Crippen LogP contribution in [-0.2, 0) is 4.74 Å². The highest BCUT2D eigenvalue weighted by atomic mass is 16.5. The van der Waals surface area contributed by atoms with Gasteiger partial charge in [0.15, 0.2) is 5.52 Å². The van der Waals surface area contributed by atoms with Gasteiger partial charge in [0.05, 0.1) is 24.4 Å². The van der Waals surface area contributed by atoms with Gasteiger partial charge < -0.3 is 24.6 Å². The highest BCUT2D eigenvalue weighted by Gasteiger charge is 2.25. The Kier molecular flexibility index (Phi) is 6.36. The second-order valence-corrected chi connectivity index (χ2v) is 7.94. The van der Waals surface area contributed by atoms with Gasteiger partial charge in [0.2, 0.25) is 5.88 Å². The lowest BCUT2D eigenvalue weighted by Crippen LogP contribution is -2.50. The number of aromatic nitrogens is 3. The molecule has 3 heterocycles. The summed E-state index contributed by atoms with van der Waals surface area (Å²) in [4.78, 5) is 29.4. The summed E-state index contributed by atoms with van der Waals surface area (Å²) in [7, 11) is 5.67. The maximum atomic E-state index is 11.9. The van der Waals surface area contributed by atoms with E-state index in [1.165, 1.54) is 0 Å². The van der Waals surface area contributed by atoms with Crippen LogP contribution in [0.25, 0.3) is 22.3 Å². The lowest BCUT2D eigenvalue weighted by Gasteiger charge is -2.32. The zero-order valence-corrected chi connectivity index (χ0v) is 18.8. The third kappa shape index (κ3) is 4.57. The van der Waals surface area contributed by atoms with Crippen molar-refractivity contribution in [3.63, 3.8) is 0 Å². The molecule has 0 radical (unpaired) electrons. The van der Waals surface area contributed by atoms with Gasteiger partial charge in [0.1, 0.15) is 12.7 Å². The first-order valence-corrected chi connectivity index (χ1v) is 10.6. The molecule has 1 fully saturated rings. The van der Waals surface area contributed by atoms with Gasteiger partial charge in [-0.3, -0.25) is 4.98 Å². The number of ether oxygens (including phenoxy) is 2. The van der Waals surface area contributed by atoms with Crippen LogP contribution in [0.1, 0.15) is 5.56 Å². The van der Waals surface area contributed by atoms with Gasteiger partial charge in [0, 0.05) is 51.3 Å². The molecule has 0 spiro atoms. The second kappa shape index (κ2) is 9.35. The Morgan fingerprint density at radius 1 is 1.28 bits per heavy atom. The van der Waals surface area contributed by atoms with E-state index in [4.69, 9.17) is 14.5 Å². The van der Waals surface area contributed by atoms with Crippen LogP contribution in [0.4, 0.5) is 10.5 Å². The summed E-state index contributed by atoms with van der Waals surface area (Å²) in [6.45, 7) is 3.81. The molecule has 1 N–H and O–H groups in total. The summed E-state index contributed by atoms with van der Waals surface area (Å²) in [6.07, 6.45) is 3.03. The van der Waals surface area contributed by atoms with E-state index in [1.54, 1.807) is 24.3 Å². The minimum absolute atomic E-state index is 0.119. The first-order valence-electron chi connectivity index (χ1n) is 10.6. The number of pyridine rings is 1. The van der Waals surface area contributed by atoms with Crippen molar-refractivity contribution in [1.82, 2.24) is 25.2 Å². The minimum Gasteiger partial charge on any atom is -0.473 e. The van der Waals surface area contributed by atoms with Crippen LogP contribution in [-0.4, -0.2) is 79.4 Å². The summed E-state index contributed by atoms with van der Waals surface area (Å²) >= 11 is 0. The Morgan fingerprint density at radius 2 is 2.09 bits per heavy atom. The van der Waals surface area contributed by atoms with Gasteiger partial charge in [-0.25, -0.2) is 14.8 Å². The number of urea groups is 1. The normalized spacial score (nSPS) is 16.1. The molecule has 1 unspecified atom stereocenters. The maximum absolute atomic E-state index is 11.9. The average molecular weight is 437 g/mol. The fourth-order valence-electron chi connectivity index (χ4n) is 3.84.